The molecule has 1 aromatic rings. The van der Waals surface area contributed by atoms with Gasteiger partial charge in [0.25, 0.3) is 0 Å². The van der Waals surface area contributed by atoms with Crippen molar-refractivity contribution in [1.82, 2.24) is 0 Å². The molecule has 0 aliphatic heterocycles. The SMILES string of the molecule is CCCCNc1ccc(C(=O)O)c(OCCCC)c1. The van der Waals surface area contributed by atoms with E-state index in [1.807, 2.05) is 0 Å². The zero-order valence-electron chi connectivity index (χ0n) is 11.7. The molecule has 0 bridgehead atoms. The van der Waals surface area contributed by atoms with Gasteiger partial charge in [0.1, 0.15) is 11.3 Å². The van der Waals surface area contributed by atoms with Gasteiger partial charge in [-0.2, -0.15) is 0 Å². The lowest BCUT2D eigenvalue weighted by molar-refractivity contribution is 0.0692. The lowest BCUT2D eigenvalue weighted by atomic mass is 10.1. The molecule has 0 heterocycles. The van der Waals surface area contributed by atoms with Crippen molar-refractivity contribution in [3.8, 4) is 5.75 Å². The number of unbranched alkanes of at least 4 members (excludes halogenated alkanes) is 2. The topological polar surface area (TPSA) is 58.6 Å². The van der Waals surface area contributed by atoms with Crippen molar-refractivity contribution in [2.75, 3.05) is 18.5 Å². The van der Waals surface area contributed by atoms with E-state index in [1.54, 1.807) is 18.2 Å². The van der Waals surface area contributed by atoms with Crippen LogP contribution in [-0.4, -0.2) is 24.2 Å². The predicted molar refractivity (Wildman–Crippen MR) is 77.2 cm³/mol. The summed E-state index contributed by atoms with van der Waals surface area (Å²) in [5.74, 6) is -0.506. The van der Waals surface area contributed by atoms with E-state index in [-0.39, 0.29) is 5.56 Å². The number of hydrogen-bond donors (Lipinski definition) is 2. The van der Waals surface area contributed by atoms with Crippen LogP contribution in [0.15, 0.2) is 18.2 Å². The first kappa shape index (κ1) is 15.3. The van der Waals surface area contributed by atoms with E-state index in [0.29, 0.717) is 12.4 Å². The number of nitrogens with one attached hydrogen (secondary N) is 1. The van der Waals surface area contributed by atoms with Crippen LogP contribution in [0.25, 0.3) is 0 Å². The summed E-state index contributed by atoms with van der Waals surface area (Å²) in [6, 6.07) is 5.15. The summed E-state index contributed by atoms with van der Waals surface area (Å²) in [5.41, 5.74) is 1.13. The summed E-state index contributed by atoms with van der Waals surface area (Å²) in [4.78, 5) is 11.1. The third-order valence-electron chi connectivity index (χ3n) is 2.83. The lowest BCUT2D eigenvalue weighted by Gasteiger charge is -2.12. The predicted octanol–water partition coefficient (Wildman–Crippen LogP) is 3.78. The Morgan fingerprint density at radius 3 is 2.63 bits per heavy atom. The maximum Gasteiger partial charge on any atom is 0.339 e. The summed E-state index contributed by atoms with van der Waals surface area (Å²) in [5, 5.41) is 12.4. The Bertz CT molecular complexity index is 404. The number of benzene rings is 1. The molecule has 106 valence electrons. The van der Waals surface area contributed by atoms with Crippen molar-refractivity contribution in [3.63, 3.8) is 0 Å². The highest BCUT2D eigenvalue weighted by Gasteiger charge is 2.11. The minimum Gasteiger partial charge on any atom is -0.493 e. The van der Waals surface area contributed by atoms with Gasteiger partial charge in [0, 0.05) is 18.3 Å². The molecule has 0 aromatic heterocycles. The summed E-state index contributed by atoms with van der Waals surface area (Å²) < 4.78 is 5.56. The molecule has 0 unspecified atom stereocenters. The molecule has 1 aromatic carbocycles. The number of carboxylic acids is 1. The van der Waals surface area contributed by atoms with E-state index in [0.717, 1.165) is 37.9 Å². The molecule has 0 amide bonds. The molecule has 4 nitrogen and oxygen atoms in total. The monoisotopic (exact) mass is 265 g/mol. The second kappa shape index (κ2) is 8.40. The van der Waals surface area contributed by atoms with E-state index in [2.05, 4.69) is 19.2 Å². The van der Waals surface area contributed by atoms with Crippen LogP contribution in [0.4, 0.5) is 5.69 Å². The van der Waals surface area contributed by atoms with E-state index >= 15 is 0 Å². The zero-order chi connectivity index (χ0) is 14.1. The highest BCUT2D eigenvalue weighted by Crippen LogP contribution is 2.24. The molecule has 0 saturated heterocycles. The van der Waals surface area contributed by atoms with Gasteiger partial charge in [-0.15, -0.1) is 0 Å². The third kappa shape index (κ3) is 5.20. The molecule has 0 spiro atoms. The smallest absolute Gasteiger partial charge is 0.339 e. The van der Waals surface area contributed by atoms with Gasteiger partial charge in [0.2, 0.25) is 0 Å². The minimum atomic E-state index is -0.952. The number of carboxylic acid groups (broad SMARTS) is 1. The molecule has 1 rings (SSSR count). The van der Waals surface area contributed by atoms with Gasteiger partial charge >= 0.3 is 5.97 Å². The molecule has 0 aliphatic rings. The molecule has 0 fully saturated rings. The first-order valence-corrected chi connectivity index (χ1v) is 6.93. The Labute approximate surface area is 114 Å². The fraction of sp³-hybridized carbons (Fsp3) is 0.533. The van der Waals surface area contributed by atoms with Crippen LogP contribution in [0.1, 0.15) is 49.9 Å². The standard InChI is InChI=1S/C15H23NO3/c1-3-5-9-16-12-7-8-13(15(17)18)14(11-12)19-10-6-4-2/h7-8,11,16H,3-6,9-10H2,1-2H3,(H,17,18). The van der Waals surface area contributed by atoms with Gasteiger partial charge in [-0.25, -0.2) is 4.79 Å². The first-order chi connectivity index (χ1) is 9.19. The van der Waals surface area contributed by atoms with Crippen molar-refractivity contribution in [2.45, 2.75) is 39.5 Å². The van der Waals surface area contributed by atoms with Crippen LogP contribution in [0.3, 0.4) is 0 Å². The second-order valence-electron chi connectivity index (χ2n) is 4.50. The Hall–Kier alpha value is -1.71. The summed E-state index contributed by atoms with van der Waals surface area (Å²) in [6.07, 6.45) is 4.16. The fourth-order valence-corrected chi connectivity index (χ4v) is 1.66. The average Bonchev–Trinajstić information content (AvgIpc) is 2.39. The Kier molecular flexibility index (Phi) is 6.79. The van der Waals surface area contributed by atoms with Gasteiger partial charge < -0.3 is 15.2 Å². The van der Waals surface area contributed by atoms with E-state index in [9.17, 15) is 4.79 Å². The number of rotatable bonds is 9. The maximum absolute atomic E-state index is 11.1. The van der Waals surface area contributed by atoms with Gasteiger partial charge in [-0.3, -0.25) is 0 Å². The van der Waals surface area contributed by atoms with Crippen LogP contribution >= 0.6 is 0 Å². The Morgan fingerprint density at radius 2 is 2.00 bits per heavy atom. The number of ether oxygens (including phenoxy) is 1. The van der Waals surface area contributed by atoms with Crippen LogP contribution in [-0.2, 0) is 0 Å². The molecule has 0 aliphatic carbocycles. The fourth-order valence-electron chi connectivity index (χ4n) is 1.66. The minimum absolute atomic E-state index is 0.220. The van der Waals surface area contributed by atoms with Crippen molar-refractivity contribution in [2.24, 2.45) is 0 Å². The third-order valence-corrected chi connectivity index (χ3v) is 2.83. The van der Waals surface area contributed by atoms with Crippen molar-refractivity contribution in [1.29, 1.82) is 0 Å². The summed E-state index contributed by atoms with van der Waals surface area (Å²) >= 11 is 0. The number of aromatic carboxylic acids is 1. The van der Waals surface area contributed by atoms with Crippen molar-refractivity contribution in [3.05, 3.63) is 23.8 Å². The molecule has 0 saturated carbocycles. The summed E-state index contributed by atoms with van der Waals surface area (Å²) in [7, 11) is 0. The number of carbonyl (C=O) groups is 1. The average molecular weight is 265 g/mol. The molecule has 0 radical (unpaired) electrons. The van der Waals surface area contributed by atoms with E-state index in [1.165, 1.54) is 0 Å². The number of anilines is 1. The van der Waals surface area contributed by atoms with E-state index in [4.69, 9.17) is 9.84 Å². The van der Waals surface area contributed by atoms with Gasteiger partial charge in [0.15, 0.2) is 0 Å². The molecule has 2 N–H and O–H groups in total. The van der Waals surface area contributed by atoms with Gasteiger partial charge in [-0.05, 0) is 25.0 Å². The second-order valence-corrected chi connectivity index (χ2v) is 4.50. The molecular formula is C15H23NO3. The molecular weight excluding hydrogens is 242 g/mol. The molecule has 0 atom stereocenters. The quantitative estimate of drug-likeness (QED) is 0.667. The van der Waals surface area contributed by atoms with Crippen LogP contribution < -0.4 is 10.1 Å². The molecule has 4 heteroatoms. The molecule has 19 heavy (non-hydrogen) atoms. The lowest BCUT2D eigenvalue weighted by Crippen LogP contribution is -2.06. The Morgan fingerprint density at radius 1 is 1.26 bits per heavy atom. The normalized spacial score (nSPS) is 10.2. The van der Waals surface area contributed by atoms with Crippen LogP contribution in [0.2, 0.25) is 0 Å². The Balaban J connectivity index is 2.75. The van der Waals surface area contributed by atoms with E-state index < -0.39 is 5.97 Å². The summed E-state index contributed by atoms with van der Waals surface area (Å²) in [6.45, 7) is 5.64. The zero-order valence-corrected chi connectivity index (χ0v) is 11.7. The highest BCUT2D eigenvalue weighted by atomic mass is 16.5. The van der Waals surface area contributed by atoms with Gasteiger partial charge in [-0.1, -0.05) is 26.7 Å². The largest absolute Gasteiger partial charge is 0.493 e. The van der Waals surface area contributed by atoms with Crippen molar-refractivity contribution >= 4 is 11.7 Å². The van der Waals surface area contributed by atoms with Crippen LogP contribution in [0, 0.1) is 0 Å². The highest BCUT2D eigenvalue weighted by molar-refractivity contribution is 5.91. The van der Waals surface area contributed by atoms with Crippen LogP contribution in [0.5, 0.6) is 5.75 Å². The van der Waals surface area contributed by atoms with Gasteiger partial charge in [0.05, 0.1) is 6.61 Å². The maximum atomic E-state index is 11.1. The number of hydrogen-bond acceptors (Lipinski definition) is 3. The first-order valence-electron chi connectivity index (χ1n) is 6.93. The van der Waals surface area contributed by atoms with Crippen molar-refractivity contribution < 1.29 is 14.6 Å².